The van der Waals surface area contributed by atoms with E-state index in [0.29, 0.717) is 22.4 Å². The number of methoxy groups -OCH3 is 2. The molecule has 0 aliphatic rings. The second-order valence-electron chi connectivity index (χ2n) is 4.13. The zero-order chi connectivity index (χ0) is 14.5. The summed E-state index contributed by atoms with van der Waals surface area (Å²) in [5.41, 5.74) is 1.50. The minimum Gasteiger partial charge on any atom is -0.497 e. The van der Waals surface area contributed by atoms with Crippen LogP contribution in [-0.2, 0) is 4.74 Å². The van der Waals surface area contributed by atoms with Crippen LogP contribution >= 0.6 is 0 Å². The van der Waals surface area contributed by atoms with Gasteiger partial charge < -0.3 is 9.47 Å². The van der Waals surface area contributed by atoms with E-state index in [-0.39, 0.29) is 5.78 Å². The zero-order valence-electron chi connectivity index (χ0n) is 11.3. The first-order valence-corrected chi connectivity index (χ1v) is 6.03. The van der Waals surface area contributed by atoms with Gasteiger partial charge in [-0.2, -0.15) is 0 Å². The van der Waals surface area contributed by atoms with Crippen molar-refractivity contribution in [1.29, 1.82) is 0 Å². The van der Waals surface area contributed by atoms with Gasteiger partial charge in [0.1, 0.15) is 5.75 Å². The number of benzene rings is 2. The van der Waals surface area contributed by atoms with E-state index in [9.17, 15) is 9.59 Å². The SMILES string of the molecule is COC(=O)c1ccc(C(=O)c2ccc(OC)cc2)cc1. The normalized spacial score (nSPS) is 9.90. The molecule has 0 unspecified atom stereocenters. The smallest absolute Gasteiger partial charge is 0.337 e. The third kappa shape index (κ3) is 2.85. The Hall–Kier alpha value is -2.62. The number of carbonyl (C=O) groups is 2. The number of hydrogen-bond acceptors (Lipinski definition) is 4. The fraction of sp³-hybridized carbons (Fsp3) is 0.125. The molecule has 0 bridgehead atoms. The van der Waals surface area contributed by atoms with Crippen molar-refractivity contribution in [3.63, 3.8) is 0 Å². The summed E-state index contributed by atoms with van der Waals surface area (Å²) in [5.74, 6) is 0.167. The van der Waals surface area contributed by atoms with Gasteiger partial charge in [0.05, 0.1) is 19.8 Å². The summed E-state index contributed by atoms with van der Waals surface area (Å²) in [6.07, 6.45) is 0. The van der Waals surface area contributed by atoms with Crippen LogP contribution in [0.3, 0.4) is 0 Å². The third-order valence-electron chi connectivity index (χ3n) is 2.92. The van der Waals surface area contributed by atoms with Gasteiger partial charge in [-0.15, -0.1) is 0 Å². The van der Waals surface area contributed by atoms with Crippen LogP contribution in [0.25, 0.3) is 0 Å². The van der Waals surface area contributed by atoms with Gasteiger partial charge in [-0.1, -0.05) is 12.1 Å². The first kappa shape index (κ1) is 13.8. The summed E-state index contributed by atoms with van der Waals surface area (Å²) in [4.78, 5) is 23.6. The van der Waals surface area contributed by atoms with E-state index in [2.05, 4.69) is 4.74 Å². The lowest BCUT2D eigenvalue weighted by molar-refractivity contribution is 0.0600. The molecule has 2 aromatic carbocycles. The number of hydrogen-bond donors (Lipinski definition) is 0. The molecular weight excluding hydrogens is 256 g/mol. The minimum absolute atomic E-state index is 0.107. The maximum atomic E-state index is 12.2. The fourth-order valence-electron chi connectivity index (χ4n) is 1.78. The fourth-order valence-corrected chi connectivity index (χ4v) is 1.78. The molecule has 0 saturated carbocycles. The average molecular weight is 270 g/mol. The molecule has 0 aliphatic heterocycles. The van der Waals surface area contributed by atoms with Gasteiger partial charge in [-0.05, 0) is 36.4 Å². The van der Waals surface area contributed by atoms with Gasteiger partial charge in [0.15, 0.2) is 5.78 Å². The van der Waals surface area contributed by atoms with Gasteiger partial charge in [0.25, 0.3) is 0 Å². The van der Waals surface area contributed by atoms with Crippen molar-refractivity contribution < 1.29 is 19.1 Å². The van der Waals surface area contributed by atoms with Crippen molar-refractivity contribution >= 4 is 11.8 Å². The van der Waals surface area contributed by atoms with E-state index in [1.807, 2.05) is 0 Å². The standard InChI is InChI=1S/C16H14O4/c1-19-14-9-7-12(8-10-14)15(17)11-3-5-13(6-4-11)16(18)20-2/h3-10H,1-2H3. The van der Waals surface area contributed by atoms with Gasteiger partial charge in [-0.3, -0.25) is 4.79 Å². The maximum Gasteiger partial charge on any atom is 0.337 e. The highest BCUT2D eigenvalue weighted by atomic mass is 16.5. The lowest BCUT2D eigenvalue weighted by Gasteiger charge is -2.04. The Balaban J connectivity index is 2.22. The third-order valence-corrected chi connectivity index (χ3v) is 2.92. The highest BCUT2D eigenvalue weighted by Crippen LogP contribution is 2.15. The highest BCUT2D eigenvalue weighted by Gasteiger charge is 2.11. The van der Waals surface area contributed by atoms with Crippen LogP contribution in [0.2, 0.25) is 0 Å². The molecule has 0 fully saturated rings. The van der Waals surface area contributed by atoms with Crippen molar-refractivity contribution in [1.82, 2.24) is 0 Å². The van der Waals surface area contributed by atoms with E-state index in [1.54, 1.807) is 55.6 Å². The summed E-state index contributed by atoms with van der Waals surface area (Å²) in [7, 11) is 2.89. The average Bonchev–Trinajstić information content (AvgIpc) is 2.53. The van der Waals surface area contributed by atoms with Crippen LogP contribution < -0.4 is 4.74 Å². The Bertz CT molecular complexity index is 612. The molecule has 0 aliphatic carbocycles. The summed E-state index contributed by atoms with van der Waals surface area (Å²) < 4.78 is 9.66. The number of esters is 1. The molecule has 0 N–H and O–H groups in total. The van der Waals surface area contributed by atoms with Crippen LogP contribution in [0.5, 0.6) is 5.75 Å². The summed E-state index contributed by atoms with van der Waals surface area (Å²) >= 11 is 0. The lowest BCUT2D eigenvalue weighted by Crippen LogP contribution is -2.04. The first-order chi connectivity index (χ1) is 9.65. The van der Waals surface area contributed by atoms with Crippen LogP contribution in [0.15, 0.2) is 48.5 Å². The Morgan fingerprint density at radius 2 is 1.20 bits per heavy atom. The van der Waals surface area contributed by atoms with Crippen molar-refractivity contribution in [2.45, 2.75) is 0 Å². The van der Waals surface area contributed by atoms with Gasteiger partial charge in [-0.25, -0.2) is 4.79 Å². The van der Waals surface area contributed by atoms with Crippen molar-refractivity contribution in [3.8, 4) is 5.75 Å². The largest absolute Gasteiger partial charge is 0.497 e. The number of ether oxygens (including phenoxy) is 2. The molecule has 0 amide bonds. The first-order valence-electron chi connectivity index (χ1n) is 6.03. The van der Waals surface area contributed by atoms with Crippen LogP contribution in [-0.4, -0.2) is 26.0 Å². The molecule has 0 heterocycles. The highest BCUT2D eigenvalue weighted by molar-refractivity contribution is 6.09. The molecular formula is C16H14O4. The molecule has 20 heavy (non-hydrogen) atoms. The van der Waals surface area contributed by atoms with E-state index in [1.165, 1.54) is 7.11 Å². The molecule has 0 saturated heterocycles. The summed E-state index contributed by atoms with van der Waals surface area (Å²) in [5, 5.41) is 0. The molecule has 0 aromatic heterocycles. The topological polar surface area (TPSA) is 52.6 Å². The second kappa shape index (κ2) is 6.02. The van der Waals surface area contributed by atoms with Gasteiger partial charge >= 0.3 is 5.97 Å². The van der Waals surface area contributed by atoms with Crippen LogP contribution in [0, 0.1) is 0 Å². The van der Waals surface area contributed by atoms with Crippen molar-refractivity contribution in [2.75, 3.05) is 14.2 Å². The Morgan fingerprint density at radius 1 is 0.750 bits per heavy atom. The Morgan fingerprint density at radius 3 is 1.65 bits per heavy atom. The van der Waals surface area contributed by atoms with Gasteiger partial charge in [0.2, 0.25) is 0 Å². The minimum atomic E-state index is -0.423. The van der Waals surface area contributed by atoms with E-state index < -0.39 is 5.97 Å². The quantitative estimate of drug-likeness (QED) is 0.633. The molecule has 2 aromatic rings. The van der Waals surface area contributed by atoms with E-state index >= 15 is 0 Å². The molecule has 2 rings (SSSR count). The Labute approximate surface area is 116 Å². The predicted octanol–water partition coefficient (Wildman–Crippen LogP) is 2.71. The number of ketones is 1. The van der Waals surface area contributed by atoms with Crippen LogP contribution in [0.1, 0.15) is 26.3 Å². The predicted molar refractivity (Wildman–Crippen MR) is 74.2 cm³/mol. The maximum absolute atomic E-state index is 12.2. The summed E-state index contributed by atoms with van der Waals surface area (Å²) in [6.45, 7) is 0. The van der Waals surface area contributed by atoms with E-state index in [4.69, 9.17) is 4.74 Å². The molecule has 4 nitrogen and oxygen atoms in total. The van der Waals surface area contributed by atoms with Crippen molar-refractivity contribution in [3.05, 3.63) is 65.2 Å². The summed E-state index contributed by atoms with van der Waals surface area (Å²) in [6, 6.07) is 13.2. The number of carbonyl (C=O) groups excluding carboxylic acids is 2. The molecule has 0 atom stereocenters. The van der Waals surface area contributed by atoms with Crippen LogP contribution in [0.4, 0.5) is 0 Å². The van der Waals surface area contributed by atoms with E-state index in [0.717, 1.165) is 0 Å². The second-order valence-corrected chi connectivity index (χ2v) is 4.13. The molecule has 102 valence electrons. The molecule has 4 heteroatoms. The Kier molecular flexibility index (Phi) is 4.15. The number of rotatable bonds is 4. The molecule has 0 radical (unpaired) electrons. The monoisotopic (exact) mass is 270 g/mol. The van der Waals surface area contributed by atoms with Gasteiger partial charge in [0, 0.05) is 11.1 Å². The van der Waals surface area contributed by atoms with Crippen molar-refractivity contribution in [2.24, 2.45) is 0 Å². The molecule has 0 spiro atoms. The lowest BCUT2D eigenvalue weighted by atomic mass is 10.0. The zero-order valence-corrected chi connectivity index (χ0v) is 11.3.